The number of hydrogen-bond acceptors (Lipinski definition) is 4. The van der Waals surface area contributed by atoms with Crippen molar-refractivity contribution in [3.05, 3.63) is 18.1 Å². The second kappa shape index (κ2) is 4.92. The highest BCUT2D eigenvalue weighted by molar-refractivity contribution is 5.52. The zero-order valence-corrected chi connectivity index (χ0v) is 10.5. The van der Waals surface area contributed by atoms with E-state index in [1.165, 1.54) is 19.3 Å². The number of piperidine rings is 1. The van der Waals surface area contributed by atoms with Gasteiger partial charge in [0.15, 0.2) is 5.82 Å². The van der Waals surface area contributed by atoms with Crippen molar-refractivity contribution in [1.82, 2.24) is 14.9 Å². The second-order valence-electron chi connectivity index (χ2n) is 5.07. The summed E-state index contributed by atoms with van der Waals surface area (Å²) in [6.45, 7) is 3.72. The summed E-state index contributed by atoms with van der Waals surface area (Å²) in [6.07, 6.45) is 8.22. The van der Waals surface area contributed by atoms with Crippen LogP contribution in [0.5, 0.6) is 0 Å². The van der Waals surface area contributed by atoms with Crippen molar-refractivity contribution in [1.29, 1.82) is 0 Å². The average molecular weight is 246 g/mol. The molecule has 1 aromatic rings. The van der Waals surface area contributed by atoms with Gasteiger partial charge in [-0.25, -0.2) is 4.98 Å². The normalized spacial score (nSPS) is 20.7. The smallest absolute Gasteiger partial charge is 0.209 e. The van der Waals surface area contributed by atoms with Gasteiger partial charge in [0.25, 0.3) is 0 Å². The lowest BCUT2D eigenvalue weighted by Gasteiger charge is -2.38. The molecule has 0 unspecified atom stereocenters. The van der Waals surface area contributed by atoms with E-state index in [0.717, 1.165) is 44.1 Å². The van der Waals surface area contributed by atoms with Crippen molar-refractivity contribution in [2.24, 2.45) is 0 Å². The number of nitrogens with zero attached hydrogens (tertiary/aromatic N) is 4. The fraction of sp³-hybridized carbons (Fsp3) is 0.615. The van der Waals surface area contributed by atoms with Crippen molar-refractivity contribution in [3.63, 3.8) is 0 Å². The summed E-state index contributed by atoms with van der Waals surface area (Å²) in [5, 5.41) is 0. The summed E-state index contributed by atoms with van der Waals surface area (Å²) in [7, 11) is 0. The first-order valence-electron chi connectivity index (χ1n) is 6.63. The lowest BCUT2D eigenvalue weighted by molar-refractivity contribution is -0.122. The summed E-state index contributed by atoms with van der Waals surface area (Å²) in [5.41, 5.74) is 1.07. The molecule has 5 nitrogen and oxygen atoms in total. The van der Waals surface area contributed by atoms with Gasteiger partial charge in [0, 0.05) is 44.5 Å². The molecular formula is C13H18N4O. The minimum Gasteiger partial charge on any atom is -0.355 e. The molecule has 1 aromatic heterocycles. The topological polar surface area (TPSA) is 49.3 Å². The van der Waals surface area contributed by atoms with E-state index in [1.807, 2.05) is 0 Å². The number of likely N-dealkylation sites (tertiary alicyclic amines) is 1. The van der Waals surface area contributed by atoms with Crippen LogP contribution in [0.3, 0.4) is 0 Å². The monoisotopic (exact) mass is 246 g/mol. The van der Waals surface area contributed by atoms with E-state index in [9.17, 15) is 4.79 Å². The molecule has 0 aliphatic carbocycles. The average Bonchev–Trinajstić information content (AvgIpc) is 2.39. The summed E-state index contributed by atoms with van der Waals surface area (Å²) < 4.78 is 0. The molecule has 5 heteroatoms. The van der Waals surface area contributed by atoms with Gasteiger partial charge >= 0.3 is 0 Å². The number of anilines is 1. The lowest BCUT2D eigenvalue weighted by Crippen LogP contribution is -2.45. The molecule has 2 aliphatic rings. The van der Waals surface area contributed by atoms with Gasteiger partial charge in [-0.2, -0.15) is 0 Å². The van der Waals surface area contributed by atoms with Crippen LogP contribution in [0, 0.1) is 0 Å². The number of rotatable bonds is 3. The van der Waals surface area contributed by atoms with Gasteiger partial charge in [-0.1, -0.05) is 0 Å². The second-order valence-corrected chi connectivity index (χ2v) is 5.07. The summed E-state index contributed by atoms with van der Waals surface area (Å²) in [6, 6.07) is 0. The van der Waals surface area contributed by atoms with Crippen LogP contribution in [0.4, 0.5) is 5.82 Å². The quantitative estimate of drug-likeness (QED) is 0.747. The first kappa shape index (κ1) is 11.4. The SMILES string of the molecule is O=CN1CC(c2nccnc2N2CCCCC2)C1. The molecule has 3 heterocycles. The van der Waals surface area contributed by atoms with Gasteiger partial charge in [-0.3, -0.25) is 9.78 Å². The van der Waals surface area contributed by atoms with Gasteiger partial charge in [0.1, 0.15) is 0 Å². The van der Waals surface area contributed by atoms with Crippen LogP contribution >= 0.6 is 0 Å². The maximum atomic E-state index is 10.6. The van der Waals surface area contributed by atoms with E-state index in [1.54, 1.807) is 17.3 Å². The third-order valence-electron chi connectivity index (χ3n) is 3.81. The molecular weight excluding hydrogens is 228 g/mol. The summed E-state index contributed by atoms with van der Waals surface area (Å²) >= 11 is 0. The molecule has 0 radical (unpaired) electrons. The molecule has 2 saturated heterocycles. The van der Waals surface area contributed by atoms with E-state index >= 15 is 0 Å². The largest absolute Gasteiger partial charge is 0.355 e. The predicted octanol–water partition coefficient (Wildman–Crippen LogP) is 1.02. The van der Waals surface area contributed by atoms with E-state index in [2.05, 4.69) is 14.9 Å². The van der Waals surface area contributed by atoms with Crippen molar-refractivity contribution in [2.45, 2.75) is 25.2 Å². The van der Waals surface area contributed by atoms with Crippen LogP contribution in [0.1, 0.15) is 30.9 Å². The predicted molar refractivity (Wildman–Crippen MR) is 68.5 cm³/mol. The minimum absolute atomic E-state index is 0.362. The fourth-order valence-corrected chi connectivity index (χ4v) is 2.75. The third-order valence-corrected chi connectivity index (χ3v) is 3.81. The van der Waals surface area contributed by atoms with Crippen LogP contribution in [0.15, 0.2) is 12.4 Å². The number of carbonyl (C=O) groups is 1. The lowest BCUT2D eigenvalue weighted by atomic mass is 9.96. The van der Waals surface area contributed by atoms with Gasteiger partial charge in [0.05, 0.1) is 5.69 Å². The van der Waals surface area contributed by atoms with Crippen molar-refractivity contribution >= 4 is 12.2 Å². The molecule has 0 saturated carbocycles. The van der Waals surface area contributed by atoms with Crippen LogP contribution in [-0.2, 0) is 4.79 Å². The Labute approximate surface area is 107 Å². The Balaban J connectivity index is 1.79. The highest BCUT2D eigenvalue weighted by Gasteiger charge is 2.31. The first-order valence-corrected chi connectivity index (χ1v) is 6.63. The van der Waals surface area contributed by atoms with Crippen LogP contribution in [-0.4, -0.2) is 47.5 Å². The first-order chi connectivity index (χ1) is 8.88. The van der Waals surface area contributed by atoms with Crippen molar-refractivity contribution in [3.8, 4) is 0 Å². The van der Waals surface area contributed by atoms with Crippen LogP contribution in [0.25, 0.3) is 0 Å². The van der Waals surface area contributed by atoms with E-state index < -0.39 is 0 Å². The van der Waals surface area contributed by atoms with Gasteiger partial charge in [0.2, 0.25) is 6.41 Å². The molecule has 0 aromatic carbocycles. The molecule has 1 amide bonds. The number of hydrogen-bond donors (Lipinski definition) is 0. The van der Waals surface area contributed by atoms with Crippen molar-refractivity contribution in [2.75, 3.05) is 31.1 Å². The van der Waals surface area contributed by atoms with E-state index in [-0.39, 0.29) is 0 Å². The number of amides is 1. The Hall–Kier alpha value is -1.65. The Kier molecular flexibility index (Phi) is 3.13. The van der Waals surface area contributed by atoms with Crippen LogP contribution in [0.2, 0.25) is 0 Å². The molecule has 2 aliphatic heterocycles. The molecule has 0 atom stereocenters. The fourth-order valence-electron chi connectivity index (χ4n) is 2.75. The Morgan fingerprint density at radius 2 is 1.83 bits per heavy atom. The van der Waals surface area contributed by atoms with E-state index in [4.69, 9.17) is 0 Å². The molecule has 0 spiro atoms. The van der Waals surface area contributed by atoms with E-state index in [0.29, 0.717) is 5.92 Å². The van der Waals surface area contributed by atoms with Crippen molar-refractivity contribution < 1.29 is 4.79 Å². The van der Waals surface area contributed by atoms with Gasteiger partial charge in [-0.05, 0) is 19.3 Å². The zero-order chi connectivity index (χ0) is 12.4. The third kappa shape index (κ3) is 2.05. The van der Waals surface area contributed by atoms with Crippen LogP contribution < -0.4 is 4.90 Å². The standard InChI is InChI=1S/C13H18N4O/c18-10-16-8-11(9-16)12-13(15-5-4-14-12)17-6-2-1-3-7-17/h4-5,10-11H,1-3,6-9H2. The number of carbonyl (C=O) groups excluding carboxylic acids is 1. The minimum atomic E-state index is 0.362. The summed E-state index contributed by atoms with van der Waals surface area (Å²) in [4.78, 5) is 23.8. The molecule has 0 bridgehead atoms. The molecule has 96 valence electrons. The highest BCUT2D eigenvalue weighted by atomic mass is 16.1. The molecule has 3 rings (SSSR count). The summed E-state index contributed by atoms with van der Waals surface area (Å²) in [5.74, 6) is 1.40. The Bertz CT molecular complexity index is 425. The highest BCUT2D eigenvalue weighted by Crippen LogP contribution is 2.31. The number of aromatic nitrogens is 2. The van der Waals surface area contributed by atoms with Gasteiger partial charge < -0.3 is 9.80 Å². The van der Waals surface area contributed by atoms with Gasteiger partial charge in [-0.15, -0.1) is 0 Å². The maximum Gasteiger partial charge on any atom is 0.209 e. The molecule has 18 heavy (non-hydrogen) atoms. The zero-order valence-electron chi connectivity index (χ0n) is 10.5. The molecule has 0 N–H and O–H groups in total. The molecule has 2 fully saturated rings. The maximum absolute atomic E-state index is 10.6. The Morgan fingerprint density at radius 3 is 2.56 bits per heavy atom. The Morgan fingerprint density at radius 1 is 1.11 bits per heavy atom.